The molecule has 1 aliphatic rings. The van der Waals surface area contributed by atoms with E-state index in [4.69, 9.17) is 9.26 Å². The van der Waals surface area contributed by atoms with Crippen molar-refractivity contribution in [2.45, 2.75) is 19.3 Å². The van der Waals surface area contributed by atoms with Crippen molar-refractivity contribution in [2.75, 3.05) is 20.2 Å². The smallest absolute Gasteiger partial charge is 0.257 e. The van der Waals surface area contributed by atoms with Crippen molar-refractivity contribution in [3.8, 4) is 17.3 Å². The van der Waals surface area contributed by atoms with Crippen molar-refractivity contribution in [2.24, 2.45) is 5.92 Å². The third-order valence-corrected chi connectivity index (χ3v) is 4.96. The number of amides is 1. The van der Waals surface area contributed by atoms with Gasteiger partial charge >= 0.3 is 0 Å². The van der Waals surface area contributed by atoms with Crippen LogP contribution in [-0.2, 0) is 6.42 Å². The molecule has 1 aromatic carbocycles. The summed E-state index contributed by atoms with van der Waals surface area (Å²) in [6.07, 6.45) is 7.29. The lowest BCUT2D eigenvalue weighted by molar-refractivity contribution is 0.0684. The van der Waals surface area contributed by atoms with Gasteiger partial charge in [0.05, 0.1) is 18.9 Å². The Balaban J connectivity index is 1.35. The number of ether oxygens (including phenoxy) is 1. The molecule has 0 unspecified atom stereocenters. The van der Waals surface area contributed by atoms with Crippen molar-refractivity contribution in [1.82, 2.24) is 25.0 Å². The summed E-state index contributed by atoms with van der Waals surface area (Å²) in [5.41, 5.74) is 1.20. The molecule has 1 fully saturated rings. The van der Waals surface area contributed by atoms with Crippen LogP contribution in [0.2, 0.25) is 0 Å². The molecule has 1 amide bonds. The summed E-state index contributed by atoms with van der Waals surface area (Å²) in [4.78, 5) is 27.3. The first-order chi connectivity index (χ1) is 13.7. The average molecular weight is 379 g/mol. The Morgan fingerprint density at radius 1 is 1.25 bits per heavy atom. The Hall–Kier alpha value is -3.29. The fraction of sp³-hybridized carbons (Fsp3) is 0.350. The van der Waals surface area contributed by atoms with Crippen molar-refractivity contribution in [1.29, 1.82) is 0 Å². The molecule has 3 aromatic rings. The number of piperidine rings is 1. The highest BCUT2D eigenvalue weighted by atomic mass is 16.5. The predicted molar refractivity (Wildman–Crippen MR) is 101 cm³/mol. The minimum absolute atomic E-state index is 0.0126. The van der Waals surface area contributed by atoms with Gasteiger partial charge in [-0.2, -0.15) is 4.98 Å². The molecule has 144 valence electrons. The molecule has 4 rings (SSSR count). The molecule has 0 N–H and O–H groups in total. The van der Waals surface area contributed by atoms with E-state index >= 15 is 0 Å². The molecule has 0 bridgehead atoms. The molecule has 0 aliphatic carbocycles. The van der Waals surface area contributed by atoms with Crippen LogP contribution in [-0.4, -0.2) is 51.1 Å². The van der Waals surface area contributed by atoms with Crippen molar-refractivity contribution in [3.63, 3.8) is 0 Å². The molecule has 0 saturated carbocycles. The van der Waals surface area contributed by atoms with Gasteiger partial charge in [-0.25, -0.2) is 4.98 Å². The van der Waals surface area contributed by atoms with Gasteiger partial charge in [0, 0.05) is 31.9 Å². The Labute approximate surface area is 162 Å². The second-order valence-corrected chi connectivity index (χ2v) is 6.74. The number of methoxy groups -OCH3 is 1. The van der Waals surface area contributed by atoms with Gasteiger partial charge in [0.15, 0.2) is 0 Å². The van der Waals surface area contributed by atoms with Crippen LogP contribution in [0.4, 0.5) is 0 Å². The van der Waals surface area contributed by atoms with Gasteiger partial charge in [-0.1, -0.05) is 17.3 Å². The number of likely N-dealkylation sites (tertiary alicyclic amines) is 1. The molecule has 8 nitrogen and oxygen atoms in total. The molecule has 0 atom stereocenters. The Morgan fingerprint density at radius 3 is 2.82 bits per heavy atom. The number of benzene rings is 1. The highest BCUT2D eigenvalue weighted by molar-refractivity contribution is 5.97. The molecular weight excluding hydrogens is 358 g/mol. The summed E-state index contributed by atoms with van der Waals surface area (Å²) in [6.45, 7) is 1.40. The first kappa shape index (κ1) is 18.1. The van der Waals surface area contributed by atoms with Crippen LogP contribution in [0.1, 0.15) is 29.1 Å². The Bertz CT molecular complexity index is 936. The predicted octanol–water partition coefficient (Wildman–Crippen LogP) is 2.63. The van der Waals surface area contributed by atoms with Crippen molar-refractivity contribution < 1.29 is 14.1 Å². The zero-order valence-corrected chi connectivity index (χ0v) is 15.6. The molecular formula is C20H21N5O3. The minimum Gasteiger partial charge on any atom is -0.496 e. The van der Waals surface area contributed by atoms with E-state index < -0.39 is 0 Å². The number of aromatic nitrogens is 4. The standard InChI is InChI=1S/C20H21N5O3/c1-27-17-5-3-2-4-15(17)20(26)25-10-6-14(7-11-25)12-18-23-19(24-28-18)16-13-21-8-9-22-16/h2-5,8-9,13-14H,6-7,10-12H2,1H3. The molecule has 3 heterocycles. The molecule has 0 radical (unpaired) electrons. The summed E-state index contributed by atoms with van der Waals surface area (Å²) in [5.74, 6) is 2.06. The van der Waals surface area contributed by atoms with Crippen LogP contribution in [0.5, 0.6) is 5.75 Å². The first-order valence-electron chi connectivity index (χ1n) is 9.26. The van der Waals surface area contributed by atoms with E-state index in [1.165, 1.54) is 0 Å². The largest absolute Gasteiger partial charge is 0.496 e. The topological polar surface area (TPSA) is 94.2 Å². The summed E-state index contributed by atoms with van der Waals surface area (Å²) < 4.78 is 10.7. The molecule has 8 heteroatoms. The van der Waals surface area contributed by atoms with Gasteiger partial charge in [0.2, 0.25) is 11.7 Å². The molecule has 2 aromatic heterocycles. The molecule has 28 heavy (non-hydrogen) atoms. The minimum atomic E-state index is 0.0126. The number of nitrogens with zero attached hydrogens (tertiary/aromatic N) is 5. The van der Waals surface area contributed by atoms with E-state index in [9.17, 15) is 4.79 Å². The van der Waals surface area contributed by atoms with E-state index in [-0.39, 0.29) is 5.91 Å². The Kier molecular flexibility index (Phi) is 5.27. The zero-order valence-electron chi connectivity index (χ0n) is 15.6. The second-order valence-electron chi connectivity index (χ2n) is 6.74. The summed E-state index contributed by atoms with van der Waals surface area (Å²) in [7, 11) is 1.58. The maximum absolute atomic E-state index is 12.8. The van der Waals surface area contributed by atoms with Crippen molar-refractivity contribution >= 4 is 5.91 Å². The third-order valence-electron chi connectivity index (χ3n) is 4.96. The maximum atomic E-state index is 12.8. The maximum Gasteiger partial charge on any atom is 0.257 e. The van der Waals surface area contributed by atoms with Crippen LogP contribution in [0.25, 0.3) is 11.5 Å². The quantitative estimate of drug-likeness (QED) is 0.672. The molecule has 0 spiro atoms. The lowest BCUT2D eigenvalue weighted by Gasteiger charge is -2.31. The molecule has 1 saturated heterocycles. The fourth-order valence-electron chi connectivity index (χ4n) is 3.44. The van der Waals surface area contributed by atoms with Gasteiger partial charge < -0.3 is 14.2 Å². The number of carbonyl (C=O) groups excluding carboxylic acids is 1. The zero-order chi connectivity index (χ0) is 19.3. The molecule has 1 aliphatic heterocycles. The lowest BCUT2D eigenvalue weighted by Crippen LogP contribution is -2.39. The van der Waals surface area contributed by atoms with Gasteiger partial charge in [0.25, 0.3) is 5.91 Å². The number of carbonyl (C=O) groups is 1. The van der Waals surface area contributed by atoms with Gasteiger partial charge in [-0.05, 0) is 30.9 Å². The number of hydrogen-bond acceptors (Lipinski definition) is 7. The SMILES string of the molecule is COc1ccccc1C(=O)N1CCC(Cc2nc(-c3cnccn3)no2)CC1. The number of hydrogen-bond donors (Lipinski definition) is 0. The van der Waals surface area contributed by atoms with E-state index in [0.717, 1.165) is 12.8 Å². The van der Waals surface area contributed by atoms with Crippen LogP contribution >= 0.6 is 0 Å². The van der Waals surface area contributed by atoms with Crippen LogP contribution in [0.15, 0.2) is 47.4 Å². The van der Waals surface area contributed by atoms with Gasteiger partial charge in [-0.15, -0.1) is 0 Å². The van der Waals surface area contributed by atoms with E-state index in [0.29, 0.717) is 54.2 Å². The Morgan fingerprint density at radius 2 is 2.07 bits per heavy atom. The third kappa shape index (κ3) is 3.85. The highest BCUT2D eigenvalue weighted by Gasteiger charge is 2.26. The fourth-order valence-corrected chi connectivity index (χ4v) is 3.44. The van der Waals surface area contributed by atoms with Gasteiger partial charge in [-0.3, -0.25) is 9.78 Å². The van der Waals surface area contributed by atoms with E-state index in [1.54, 1.807) is 31.8 Å². The normalized spacial score (nSPS) is 14.8. The summed E-state index contributed by atoms with van der Waals surface area (Å²) in [6, 6.07) is 7.33. The number of para-hydroxylation sites is 1. The van der Waals surface area contributed by atoms with E-state index in [1.807, 2.05) is 23.1 Å². The second kappa shape index (κ2) is 8.16. The van der Waals surface area contributed by atoms with E-state index in [2.05, 4.69) is 20.1 Å². The van der Waals surface area contributed by atoms with Crippen LogP contribution < -0.4 is 4.74 Å². The lowest BCUT2D eigenvalue weighted by atomic mass is 9.93. The monoisotopic (exact) mass is 379 g/mol. The van der Waals surface area contributed by atoms with Crippen molar-refractivity contribution in [3.05, 3.63) is 54.3 Å². The van der Waals surface area contributed by atoms with Gasteiger partial charge in [0.1, 0.15) is 11.4 Å². The summed E-state index contributed by atoms with van der Waals surface area (Å²) >= 11 is 0. The highest BCUT2D eigenvalue weighted by Crippen LogP contribution is 2.25. The van der Waals surface area contributed by atoms with Crippen LogP contribution in [0.3, 0.4) is 0 Å². The van der Waals surface area contributed by atoms with Crippen LogP contribution in [0, 0.1) is 5.92 Å². The summed E-state index contributed by atoms with van der Waals surface area (Å²) in [5, 5.41) is 3.99. The average Bonchev–Trinajstić information content (AvgIpc) is 3.23. The number of rotatable bonds is 5. The first-order valence-corrected chi connectivity index (χ1v) is 9.26.